The van der Waals surface area contributed by atoms with Gasteiger partial charge in [0.2, 0.25) is 5.91 Å². The van der Waals surface area contributed by atoms with E-state index < -0.39 is 0 Å². The van der Waals surface area contributed by atoms with E-state index in [1.807, 2.05) is 23.1 Å². The number of hydrogen-bond acceptors (Lipinski definition) is 3. The monoisotopic (exact) mass is 337 g/mol. The van der Waals surface area contributed by atoms with Crippen molar-refractivity contribution in [3.63, 3.8) is 0 Å². The summed E-state index contributed by atoms with van der Waals surface area (Å²) in [6.07, 6.45) is 4.56. The first-order valence-electron chi connectivity index (χ1n) is 8.97. The molecule has 0 atom stereocenters. The maximum Gasteiger partial charge on any atom is 0.266 e. The van der Waals surface area contributed by atoms with Crippen molar-refractivity contribution in [3.8, 4) is 0 Å². The van der Waals surface area contributed by atoms with Gasteiger partial charge in [0, 0.05) is 38.2 Å². The van der Waals surface area contributed by atoms with Gasteiger partial charge in [-0.2, -0.15) is 5.10 Å². The van der Waals surface area contributed by atoms with Gasteiger partial charge in [0.25, 0.3) is 5.56 Å². The lowest BCUT2D eigenvalue weighted by Crippen LogP contribution is -2.50. The zero-order valence-electron chi connectivity index (χ0n) is 14.6. The van der Waals surface area contributed by atoms with Gasteiger partial charge < -0.3 is 4.90 Å². The molecule has 1 aliphatic heterocycles. The van der Waals surface area contributed by atoms with E-state index in [1.165, 1.54) is 10.2 Å². The molecule has 5 nitrogen and oxygen atoms in total. The average Bonchev–Trinajstić information content (AvgIpc) is 2.59. The largest absolute Gasteiger partial charge is 0.337 e. The molecule has 2 heterocycles. The zero-order chi connectivity index (χ0) is 17.4. The molecule has 0 N–H and O–H groups in total. The minimum absolute atomic E-state index is 0.115. The molecular formula is C20H23N3O2. The number of rotatable bonds is 3. The van der Waals surface area contributed by atoms with Crippen LogP contribution < -0.4 is 5.56 Å². The maximum atomic E-state index is 13.3. The molecule has 1 aromatic heterocycles. The second-order valence-electron chi connectivity index (χ2n) is 7.35. The van der Waals surface area contributed by atoms with Crippen LogP contribution in [0.2, 0.25) is 0 Å². The molecule has 2 aliphatic rings. The fourth-order valence-corrected chi connectivity index (χ4v) is 4.06. The SMILES string of the molecule is Cn1nc2c(cc1=O)CN(C(=O)C1(Cc3ccccc3)CCC1)CC2. The summed E-state index contributed by atoms with van der Waals surface area (Å²) in [6, 6.07) is 11.9. The Balaban J connectivity index is 1.56. The van der Waals surface area contributed by atoms with Gasteiger partial charge in [-0.25, -0.2) is 4.68 Å². The molecule has 1 amide bonds. The van der Waals surface area contributed by atoms with E-state index in [0.29, 0.717) is 13.1 Å². The molecule has 0 radical (unpaired) electrons. The van der Waals surface area contributed by atoms with Gasteiger partial charge in [-0.05, 0) is 24.8 Å². The highest BCUT2D eigenvalue weighted by molar-refractivity contribution is 5.84. The Bertz CT molecular complexity index is 853. The number of carbonyl (C=O) groups excluding carboxylic acids is 1. The first kappa shape index (κ1) is 16.1. The Morgan fingerprint density at radius 2 is 2.00 bits per heavy atom. The molecule has 0 unspecified atom stereocenters. The van der Waals surface area contributed by atoms with E-state index in [1.54, 1.807) is 13.1 Å². The normalized spacial score (nSPS) is 18.4. The Morgan fingerprint density at radius 1 is 1.24 bits per heavy atom. The summed E-state index contributed by atoms with van der Waals surface area (Å²) in [5.74, 6) is 0.244. The van der Waals surface area contributed by atoms with Crippen molar-refractivity contribution in [1.29, 1.82) is 0 Å². The summed E-state index contributed by atoms with van der Waals surface area (Å²) < 4.78 is 1.37. The highest BCUT2D eigenvalue weighted by Crippen LogP contribution is 2.45. The predicted molar refractivity (Wildman–Crippen MR) is 95.0 cm³/mol. The molecule has 4 rings (SSSR count). The third-order valence-corrected chi connectivity index (χ3v) is 5.67. The minimum atomic E-state index is -0.258. The standard InChI is InChI=1S/C20H23N3O2/c1-22-18(24)12-16-14-23(11-8-17(16)21-22)19(25)20(9-5-10-20)13-15-6-3-2-4-7-15/h2-4,6-7,12H,5,8-11,13-14H2,1H3. The summed E-state index contributed by atoms with van der Waals surface area (Å²) in [5.41, 5.74) is 2.69. The number of nitrogens with zero attached hydrogens (tertiary/aromatic N) is 3. The minimum Gasteiger partial charge on any atom is -0.337 e. The van der Waals surface area contributed by atoms with Crippen molar-refractivity contribution in [2.45, 2.75) is 38.6 Å². The number of hydrogen-bond donors (Lipinski definition) is 0. The lowest BCUT2D eigenvalue weighted by molar-refractivity contribution is -0.148. The fourth-order valence-electron chi connectivity index (χ4n) is 4.06. The molecular weight excluding hydrogens is 314 g/mol. The molecule has 1 saturated carbocycles. The van der Waals surface area contributed by atoms with Crippen LogP contribution in [0.25, 0.3) is 0 Å². The highest BCUT2D eigenvalue weighted by atomic mass is 16.2. The third-order valence-electron chi connectivity index (χ3n) is 5.67. The van der Waals surface area contributed by atoms with Crippen molar-refractivity contribution < 1.29 is 4.79 Å². The van der Waals surface area contributed by atoms with Crippen molar-refractivity contribution in [1.82, 2.24) is 14.7 Å². The fraction of sp³-hybridized carbons (Fsp3) is 0.450. The summed E-state index contributed by atoms with van der Waals surface area (Å²) in [5, 5.41) is 4.34. The zero-order valence-corrected chi connectivity index (χ0v) is 14.6. The molecule has 130 valence electrons. The number of fused-ring (bicyclic) bond motifs is 1. The van der Waals surface area contributed by atoms with Crippen molar-refractivity contribution in [2.24, 2.45) is 12.5 Å². The van der Waals surface area contributed by atoms with Crippen molar-refractivity contribution in [2.75, 3.05) is 6.54 Å². The summed E-state index contributed by atoms with van der Waals surface area (Å²) >= 11 is 0. The van der Waals surface area contributed by atoms with Crippen LogP contribution in [-0.4, -0.2) is 27.1 Å². The summed E-state index contributed by atoms with van der Waals surface area (Å²) in [7, 11) is 1.67. The van der Waals surface area contributed by atoms with Gasteiger partial charge in [0.1, 0.15) is 0 Å². The Morgan fingerprint density at radius 3 is 2.68 bits per heavy atom. The molecule has 2 aromatic rings. The molecule has 5 heteroatoms. The third kappa shape index (κ3) is 2.88. The van der Waals surface area contributed by atoms with E-state index in [4.69, 9.17) is 0 Å². The first-order valence-corrected chi connectivity index (χ1v) is 8.97. The van der Waals surface area contributed by atoms with E-state index >= 15 is 0 Å². The predicted octanol–water partition coefficient (Wildman–Crippen LogP) is 2.08. The molecule has 1 aromatic carbocycles. The number of benzene rings is 1. The van der Waals surface area contributed by atoms with Gasteiger partial charge in [-0.15, -0.1) is 0 Å². The van der Waals surface area contributed by atoms with Crippen LogP contribution in [0.15, 0.2) is 41.2 Å². The molecule has 1 aliphatic carbocycles. The van der Waals surface area contributed by atoms with Gasteiger partial charge in [-0.1, -0.05) is 36.8 Å². The molecule has 25 heavy (non-hydrogen) atoms. The maximum absolute atomic E-state index is 13.3. The number of aromatic nitrogens is 2. The molecule has 1 fully saturated rings. The lowest BCUT2D eigenvalue weighted by Gasteiger charge is -2.44. The molecule has 0 saturated heterocycles. The topological polar surface area (TPSA) is 55.2 Å². The summed E-state index contributed by atoms with van der Waals surface area (Å²) in [6.45, 7) is 1.20. The smallest absolute Gasteiger partial charge is 0.266 e. The summed E-state index contributed by atoms with van der Waals surface area (Å²) in [4.78, 5) is 27.1. The lowest BCUT2D eigenvalue weighted by atomic mass is 9.64. The van der Waals surface area contributed by atoms with E-state index in [9.17, 15) is 9.59 Å². The van der Waals surface area contributed by atoms with Gasteiger partial charge in [0.05, 0.1) is 11.1 Å². The Hall–Kier alpha value is -2.43. The average molecular weight is 337 g/mol. The van der Waals surface area contributed by atoms with Crippen LogP contribution in [0.5, 0.6) is 0 Å². The van der Waals surface area contributed by atoms with Gasteiger partial charge in [-0.3, -0.25) is 9.59 Å². The van der Waals surface area contributed by atoms with E-state index in [2.05, 4.69) is 17.2 Å². The second-order valence-corrected chi connectivity index (χ2v) is 7.35. The highest BCUT2D eigenvalue weighted by Gasteiger charge is 2.46. The number of amides is 1. The first-order chi connectivity index (χ1) is 12.1. The Kier molecular flexibility index (Phi) is 3.94. The van der Waals surface area contributed by atoms with Crippen LogP contribution in [0.1, 0.15) is 36.1 Å². The van der Waals surface area contributed by atoms with Gasteiger partial charge >= 0.3 is 0 Å². The number of aryl methyl sites for hydroxylation is 1. The Labute approximate surface area is 147 Å². The van der Waals surface area contributed by atoms with Crippen LogP contribution in [-0.2, 0) is 31.2 Å². The van der Waals surface area contributed by atoms with Crippen LogP contribution in [0.4, 0.5) is 0 Å². The quantitative estimate of drug-likeness (QED) is 0.862. The van der Waals surface area contributed by atoms with Crippen molar-refractivity contribution >= 4 is 5.91 Å². The van der Waals surface area contributed by atoms with Crippen molar-refractivity contribution in [3.05, 3.63) is 63.6 Å². The number of carbonyl (C=O) groups is 1. The van der Waals surface area contributed by atoms with Gasteiger partial charge in [0.15, 0.2) is 0 Å². The van der Waals surface area contributed by atoms with Crippen LogP contribution in [0, 0.1) is 5.41 Å². The van der Waals surface area contributed by atoms with E-state index in [0.717, 1.165) is 43.4 Å². The molecule has 0 bridgehead atoms. The van der Waals surface area contributed by atoms with E-state index in [-0.39, 0.29) is 16.9 Å². The molecule has 0 spiro atoms. The van der Waals surface area contributed by atoms with Crippen LogP contribution in [0.3, 0.4) is 0 Å². The van der Waals surface area contributed by atoms with Crippen LogP contribution >= 0.6 is 0 Å². The second kappa shape index (κ2) is 6.14.